The van der Waals surface area contributed by atoms with Gasteiger partial charge in [0.1, 0.15) is 5.82 Å². The van der Waals surface area contributed by atoms with Gasteiger partial charge in [-0.2, -0.15) is 0 Å². The van der Waals surface area contributed by atoms with Crippen LogP contribution in [0.2, 0.25) is 0 Å². The molecule has 0 bridgehead atoms. The van der Waals surface area contributed by atoms with Crippen LogP contribution in [0, 0.1) is 5.92 Å². The second-order valence-corrected chi connectivity index (χ2v) is 6.79. The lowest BCUT2D eigenvalue weighted by atomic mass is 10.3. The minimum atomic E-state index is -3.70. The van der Waals surface area contributed by atoms with E-state index in [0.717, 1.165) is 25.2 Å². The summed E-state index contributed by atoms with van der Waals surface area (Å²) in [4.78, 5) is 4.10. The minimum absolute atomic E-state index is 0.0155. The van der Waals surface area contributed by atoms with Crippen molar-refractivity contribution in [1.29, 1.82) is 0 Å². The van der Waals surface area contributed by atoms with Crippen molar-refractivity contribution in [3.8, 4) is 0 Å². The average molecular weight is 263 g/mol. The van der Waals surface area contributed by atoms with Crippen molar-refractivity contribution in [3.63, 3.8) is 0 Å². The first kappa shape index (κ1) is 11.9. The summed E-state index contributed by atoms with van der Waals surface area (Å²) in [6, 6.07) is 0. The number of hydrogen-bond acceptors (Lipinski definition) is 3. The SMILES string of the molecule is CCCc1nc(S(=O)(=O)Cl)cn1CC1CC1. The van der Waals surface area contributed by atoms with Gasteiger partial charge in [0.15, 0.2) is 5.03 Å². The predicted molar refractivity (Wildman–Crippen MR) is 62.0 cm³/mol. The molecule has 0 unspecified atom stereocenters. The monoisotopic (exact) mass is 262 g/mol. The lowest BCUT2D eigenvalue weighted by Gasteiger charge is -2.04. The summed E-state index contributed by atoms with van der Waals surface area (Å²) < 4.78 is 24.3. The second-order valence-electron chi connectivity index (χ2n) is 4.28. The maximum absolute atomic E-state index is 11.2. The van der Waals surface area contributed by atoms with Crippen LogP contribution in [-0.4, -0.2) is 18.0 Å². The van der Waals surface area contributed by atoms with Crippen LogP contribution in [0.5, 0.6) is 0 Å². The molecular formula is C10H15ClN2O2S. The van der Waals surface area contributed by atoms with E-state index in [-0.39, 0.29) is 5.03 Å². The molecule has 1 aromatic rings. The van der Waals surface area contributed by atoms with E-state index in [0.29, 0.717) is 5.92 Å². The predicted octanol–water partition coefficient (Wildman–Crippen LogP) is 2.17. The first-order chi connectivity index (χ1) is 7.50. The highest BCUT2D eigenvalue weighted by atomic mass is 35.7. The Labute approximate surface area is 100 Å². The van der Waals surface area contributed by atoms with Crippen LogP contribution in [0.4, 0.5) is 0 Å². The molecule has 0 aromatic carbocycles. The van der Waals surface area contributed by atoms with E-state index in [9.17, 15) is 8.42 Å². The molecule has 0 saturated heterocycles. The molecule has 0 aliphatic heterocycles. The van der Waals surface area contributed by atoms with Crippen molar-refractivity contribution < 1.29 is 8.42 Å². The van der Waals surface area contributed by atoms with Gasteiger partial charge < -0.3 is 4.57 Å². The average Bonchev–Trinajstić information content (AvgIpc) is 2.88. The third-order valence-electron chi connectivity index (χ3n) is 2.71. The van der Waals surface area contributed by atoms with E-state index < -0.39 is 9.05 Å². The van der Waals surface area contributed by atoms with E-state index in [1.165, 1.54) is 12.8 Å². The van der Waals surface area contributed by atoms with Gasteiger partial charge in [-0.25, -0.2) is 13.4 Å². The summed E-state index contributed by atoms with van der Waals surface area (Å²) in [5.74, 6) is 1.52. The highest BCUT2D eigenvalue weighted by Crippen LogP contribution is 2.31. The molecule has 90 valence electrons. The molecule has 1 fully saturated rings. The van der Waals surface area contributed by atoms with Crippen molar-refractivity contribution in [2.24, 2.45) is 5.92 Å². The van der Waals surface area contributed by atoms with Crippen LogP contribution in [0.15, 0.2) is 11.2 Å². The fourth-order valence-corrected chi connectivity index (χ4v) is 2.40. The van der Waals surface area contributed by atoms with Crippen molar-refractivity contribution in [3.05, 3.63) is 12.0 Å². The molecule has 16 heavy (non-hydrogen) atoms. The molecular weight excluding hydrogens is 248 g/mol. The maximum atomic E-state index is 11.2. The Hall–Kier alpha value is -0.550. The van der Waals surface area contributed by atoms with Crippen LogP contribution in [0.25, 0.3) is 0 Å². The van der Waals surface area contributed by atoms with E-state index >= 15 is 0 Å². The lowest BCUT2D eigenvalue weighted by Crippen LogP contribution is -2.03. The molecule has 1 saturated carbocycles. The molecule has 0 atom stereocenters. The standard InChI is InChI=1S/C10H15ClN2O2S/c1-2-3-9-12-10(16(11,14)15)7-13(9)6-8-4-5-8/h7-8H,2-6H2,1H3. The molecule has 6 heteroatoms. The maximum Gasteiger partial charge on any atom is 0.280 e. The van der Waals surface area contributed by atoms with Gasteiger partial charge in [-0.3, -0.25) is 0 Å². The van der Waals surface area contributed by atoms with E-state index in [1.54, 1.807) is 6.20 Å². The largest absolute Gasteiger partial charge is 0.333 e. The Morgan fingerprint density at radius 2 is 2.25 bits per heavy atom. The molecule has 4 nitrogen and oxygen atoms in total. The molecule has 2 rings (SSSR count). The molecule has 1 heterocycles. The summed E-state index contributed by atoms with van der Waals surface area (Å²) >= 11 is 0. The first-order valence-corrected chi connectivity index (χ1v) is 7.82. The van der Waals surface area contributed by atoms with Gasteiger partial charge in [-0.15, -0.1) is 0 Å². The van der Waals surface area contributed by atoms with Gasteiger partial charge in [0.25, 0.3) is 9.05 Å². The van der Waals surface area contributed by atoms with Crippen LogP contribution in [0.3, 0.4) is 0 Å². The Morgan fingerprint density at radius 3 is 2.75 bits per heavy atom. The van der Waals surface area contributed by atoms with Crippen molar-refractivity contribution in [2.75, 3.05) is 0 Å². The molecule has 0 N–H and O–H groups in total. The third-order valence-corrected chi connectivity index (χ3v) is 3.88. The van der Waals surface area contributed by atoms with E-state index in [1.807, 2.05) is 11.5 Å². The van der Waals surface area contributed by atoms with Gasteiger partial charge in [-0.1, -0.05) is 6.92 Å². The van der Waals surface area contributed by atoms with Gasteiger partial charge in [-0.05, 0) is 25.2 Å². The van der Waals surface area contributed by atoms with Gasteiger partial charge in [0, 0.05) is 29.8 Å². The number of rotatable bonds is 5. The highest BCUT2D eigenvalue weighted by Gasteiger charge is 2.24. The van der Waals surface area contributed by atoms with Crippen LogP contribution in [-0.2, 0) is 22.0 Å². The molecule has 0 radical (unpaired) electrons. The quantitative estimate of drug-likeness (QED) is 0.765. The number of hydrogen-bond donors (Lipinski definition) is 0. The number of aryl methyl sites for hydroxylation is 1. The van der Waals surface area contributed by atoms with Gasteiger partial charge in [0.2, 0.25) is 0 Å². The summed E-state index contributed by atoms with van der Waals surface area (Å²) in [6.07, 6.45) is 5.76. The third kappa shape index (κ3) is 2.77. The zero-order valence-electron chi connectivity index (χ0n) is 9.19. The lowest BCUT2D eigenvalue weighted by molar-refractivity contribution is 0.590. The zero-order valence-corrected chi connectivity index (χ0v) is 10.8. The Bertz CT molecular complexity index is 477. The normalized spacial score (nSPS) is 16.6. The van der Waals surface area contributed by atoms with E-state index in [4.69, 9.17) is 10.7 Å². The van der Waals surface area contributed by atoms with Gasteiger partial charge in [0.05, 0.1) is 0 Å². The van der Waals surface area contributed by atoms with Gasteiger partial charge >= 0.3 is 0 Å². The number of imidazole rings is 1. The molecule has 0 amide bonds. The second kappa shape index (κ2) is 4.37. The Kier molecular flexibility index (Phi) is 3.26. The fraction of sp³-hybridized carbons (Fsp3) is 0.700. The molecule has 1 aliphatic carbocycles. The molecule has 1 aromatic heterocycles. The number of aromatic nitrogens is 2. The summed E-state index contributed by atoms with van der Waals surface area (Å²) in [6.45, 7) is 2.92. The Morgan fingerprint density at radius 1 is 1.56 bits per heavy atom. The van der Waals surface area contributed by atoms with Crippen LogP contribution in [0.1, 0.15) is 32.0 Å². The smallest absolute Gasteiger partial charge is 0.280 e. The van der Waals surface area contributed by atoms with Crippen LogP contribution < -0.4 is 0 Å². The molecule has 0 spiro atoms. The first-order valence-electron chi connectivity index (χ1n) is 5.51. The highest BCUT2D eigenvalue weighted by molar-refractivity contribution is 8.13. The summed E-state index contributed by atoms with van der Waals surface area (Å²) in [5.41, 5.74) is 0. The van der Waals surface area contributed by atoms with Crippen molar-refractivity contribution in [2.45, 2.75) is 44.2 Å². The summed E-state index contributed by atoms with van der Waals surface area (Å²) in [7, 11) is 1.59. The minimum Gasteiger partial charge on any atom is -0.333 e. The van der Waals surface area contributed by atoms with Crippen molar-refractivity contribution >= 4 is 19.7 Å². The van der Waals surface area contributed by atoms with Crippen LogP contribution >= 0.6 is 10.7 Å². The van der Waals surface area contributed by atoms with E-state index in [2.05, 4.69) is 4.98 Å². The zero-order chi connectivity index (χ0) is 11.8. The van der Waals surface area contributed by atoms with Crippen molar-refractivity contribution in [1.82, 2.24) is 9.55 Å². The Balaban J connectivity index is 2.28. The number of halogens is 1. The fourth-order valence-electron chi connectivity index (χ4n) is 1.71. The topological polar surface area (TPSA) is 52.0 Å². The number of nitrogens with zero attached hydrogens (tertiary/aromatic N) is 2. The summed E-state index contributed by atoms with van der Waals surface area (Å²) in [5, 5.41) is -0.0155. The molecule has 1 aliphatic rings.